The largest absolute Gasteiger partial charge is 0.435 e. The number of aromatic nitrogens is 1. The lowest BCUT2D eigenvalue weighted by Crippen LogP contribution is -1.95. The average molecular weight is 303 g/mol. The van der Waals surface area contributed by atoms with E-state index < -0.39 is 0 Å². The molecule has 0 radical (unpaired) electrons. The van der Waals surface area contributed by atoms with Crippen molar-refractivity contribution in [2.75, 3.05) is 0 Å². The fourth-order valence-corrected chi connectivity index (χ4v) is 2.31. The molecule has 2 aromatic carbocycles. The highest BCUT2D eigenvalue weighted by atomic mass is 79.9. The lowest BCUT2D eigenvalue weighted by molar-refractivity contribution is 0.618. The van der Waals surface area contributed by atoms with Crippen LogP contribution in [0.15, 0.2) is 51.4 Å². The van der Waals surface area contributed by atoms with Gasteiger partial charge in [0.15, 0.2) is 5.58 Å². The molecule has 0 saturated heterocycles. The Balaban J connectivity index is 2.16. The molecule has 1 aromatic heterocycles. The number of rotatable bonds is 2. The molecule has 0 saturated carbocycles. The first kappa shape index (κ1) is 11.4. The molecule has 3 aromatic rings. The van der Waals surface area contributed by atoms with Crippen LogP contribution in [0.4, 0.5) is 0 Å². The molecule has 0 fully saturated rings. The Bertz CT molecular complexity index is 706. The Hall–Kier alpha value is -1.65. The number of oxazole rings is 1. The minimum Gasteiger partial charge on any atom is -0.435 e. The summed E-state index contributed by atoms with van der Waals surface area (Å²) in [6.07, 6.45) is 0. The van der Waals surface area contributed by atoms with Gasteiger partial charge in [-0.15, -0.1) is 0 Å². The van der Waals surface area contributed by atoms with Crippen LogP contribution in [-0.2, 0) is 6.54 Å². The van der Waals surface area contributed by atoms with Crippen LogP contribution < -0.4 is 5.73 Å². The summed E-state index contributed by atoms with van der Waals surface area (Å²) < 4.78 is 6.70. The van der Waals surface area contributed by atoms with Crippen molar-refractivity contribution in [1.29, 1.82) is 0 Å². The van der Waals surface area contributed by atoms with E-state index in [0.717, 1.165) is 26.7 Å². The molecule has 0 unspecified atom stereocenters. The third kappa shape index (κ3) is 1.94. The van der Waals surface area contributed by atoms with Gasteiger partial charge in [0.2, 0.25) is 5.89 Å². The maximum Gasteiger partial charge on any atom is 0.227 e. The fraction of sp³-hybridized carbons (Fsp3) is 0.0714. The zero-order chi connectivity index (χ0) is 12.5. The molecule has 0 spiro atoms. The van der Waals surface area contributed by atoms with E-state index in [4.69, 9.17) is 10.2 Å². The average Bonchev–Trinajstić information content (AvgIpc) is 2.84. The van der Waals surface area contributed by atoms with E-state index in [1.165, 1.54) is 0 Å². The van der Waals surface area contributed by atoms with Crippen LogP contribution in [0.3, 0.4) is 0 Å². The highest BCUT2D eigenvalue weighted by molar-refractivity contribution is 9.10. The van der Waals surface area contributed by atoms with E-state index in [9.17, 15) is 0 Å². The number of para-hydroxylation sites is 1. The quantitative estimate of drug-likeness (QED) is 0.785. The first-order valence-electron chi connectivity index (χ1n) is 5.62. The van der Waals surface area contributed by atoms with Gasteiger partial charge >= 0.3 is 0 Å². The Kier molecular flexibility index (Phi) is 2.89. The van der Waals surface area contributed by atoms with Crippen molar-refractivity contribution in [3.05, 3.63) is 52.5 Å². The molecular formula is C14H11BrN2O. The van der Waals surface area contributed by atoms with Gasteiger partial charge in [0.05, 0.1) is 4.47 Å². The first-order chi connectivity index (χ1) is 8.78. The van der Waals surface area contributed by atoms with Gasteiger partial charge in [0.1, 0.15) is 5.52 Å². The van der Waals surface area contributed by atoms with Crippen LogP contribution in [0.2, 0.25) is 0 Å². The third-order valence-corrected chi connectivity index (χ3v) is 3.40. The second-order valence-corrected chi connectivity index (χ2v) is 4.87. The van der Waals surface area contributed by atoms with Gasteiger partial charge in [0, 0.05) is 12.1 Å². The van der Waals surface area contributed by atoms with Crippen LogP contribution in [0, 0.1) is 0 Å². The number of nitrogens with zero attached hydrogens (tertiary/aromatic N) is 1. The van der Waals surface area contributed by atoms with Crippen LogP contribution in [0.25, 0.3) is 22.6 Å². The van der Waals surface area contributed by atoms with E-state index in [1.807, 2.05) is 42.5 Å². The fourth-order valence-electron chi connectivity index (χ4n) is 1.87. The summed E-state index contributed by atoms with van der Waals surface area (Å²) in [6.45, 7) is 0.512. The molecule has 0 bridgehead atoms. The minimum absolute atomic E-state index is 0.512. The lowest BCUT2D eigenvalue weighted by Gasteiger charge is -1.98. The van der Waals surface area contributed by atoms with E-state index in [-0.39, 0.29) is 0 Å². The summed E-state index contributed by atoms with van der Waals surface area (Å²) in [5.41, 5.74) is 9.26. The second kappa shape index (κ2) is 4.55. The maximum absolute atomic E-state index is 5.79. The summed E-state index contributed by atoms with van der Waals surface area (Å²) in [7, 11) is 0. The molecule has 3 nitrogen and oxygen atoms in total. The monoisotopic (exact) mass is 302 g/mol. The SMILES string of the molecule is NCc1cccc(-c2nc3cccc(Br)c3o2)c1. The Morgan fingerprint density at radius 1 is 1.17 bits per heavy atom. The molecule has 0 aliphatic rings. The lowest BCUT2D eigenvalue weighted by atomic mass is 10.1. The van der Waals surface area contributed by atoms with Crippen molar-refractivity contribution in [1.82, 2.24) is 4.98 Å². The minimum atomic E-state index is 0.512. The molecule has 3 rings (SSSR count). The van der Waals surface area contributed by atoms with Gasteiger partial charge in [-0.05, 0) is 45.8 Å². The predicted octanol–water partition coefficient (Wildman–Crippen LogP) is 3.72. The Morgan fingerprint density at radius 2 is 2.00 bits per heavy atom. The number of fused-ring (bicyclic) bond motifs is 1. The standard InChI is InChI=1S/C14H11BrN2O/c15-11-5-2-6-12-13(11)18-14(17-12)10-4-1-3-9(7-10)8-16/h1-7H,8,16H2. The van der Waals surface area contributed by atoms with Crippen molar-refractivity contribution >= 4 is 27.0 Å². The van der Waals surface area contributed by atoms with Crippen molar-refractivity contribution < 1.29 is 4.42 Å². The van der Waals surface area contributed by atoms with E-state index in [0.29, 0.717) is 12.4 Å². The van der Waals surface area contributed by atoms with Gasteiger partial charge < -0.3 is 10.2 Å². The van der Waals surface area contributed by atoms with Crippen LogP contribution in [-0.4, -0.2) is 4.98 Å². The molecule has 0 atom stereocenters. The zero-order valence-corrected chi connectivity index (χ0v) is 11.1. The summed E-state index contributed by atoms with van der Waals surface area (Å²) in [4.78, 5) is 4.48. The molecule has 2 N–H and O–H groups in total. The number of hydrogen-bond donors (Lipinski definition) is 1. The normalized spacial score (nSPS) is 11.0. The summed E-state index contributed by atoms with van der Waals surface area (Å²) in [5, 5.41) is 0. The van der Waals surface area contributed by atoms with E-state index in [1.54, 1.807) is 0 Å². The van der Waals surface area contributed by atoms with E-state index in [2.05, 4.69) is 20.9 Å². The molecule has 90 valence electrons. The molecular weight excluding hydrogens is 292 g/mol. The van der Waals surface area contributed by atoms with Crippen molar-refractivity contribution in [3.63, 3.8) is 0 Å². The molecule has 1 heterocycles. The van der Waals surface area contributed by atoms with Crippen LogP contribution >= 0.6 is 15.9 Å². The highest BCUT2D eigenvalue weighted by Gasteiger charge is 2.10. The Labute approximate surface area is 113 Å². The molecule has 0 aliphatic heterocycles. The van der Waals surface area contributed by atoms with Gasteiger partial charge in [-0.3, -0.25) is 0 Å². The van der Waals surface area contributed by atoms with Gasteiger partial charge in [-0.2, -0.15) is 0 Å². The van der Waals surface area contributed by atoms with Crippen LogP contribution in [0.5, 0.6) is 0 Å². The third-order valence-electron chi connectivity index (χ3n) is 2.78. The van der Waals surface area contributed by atoms with E-state index >= 15 is 0 Å². The highest BCUT2D eigenvalue weighted by Crippen LogP contribution is 2.29. The second-order valence-electron chi connectivity index (χ2n) is 4.01. The molecule has 0 aliphatic carbocycles. The van der Waals surface area contributed by atoms with Crippen molar-refractivity contribution in [2.45, 2.75) is 6.54 Å². The van der Waals surface area contributed by atoms with Crippen molar-refractivity contribution in [3.8, 4) is 11.5 Å². The zero-order valence-electron chi connectivity index (χ0n) is 9.56. The Morgan fingerprint density at radius 3 is 2.78 bits per heavy atom. The number of benzene rings is 2. The predicted molar refractivity (Wildman–Crippen MR) is 75.0 cm³/mol. The summed E-state index contributed by atoms with van der Waals surface area (Å²) in [6, 6.07) is 13.7. The van der Waals surface area contributed by atoms with Crippen LogP contribution in [0.1, 0.15) is 5.56 Å². The molecule has 18 heavy (non-hydrogen) atoms. The van der Waals surface area contributed by atoms with Gasteiger partial charge in [-0.1, -0.05) is 18.2 Å². The molecule has 4 heteroatoms. The smallest absolute Gasteiger partial charge is 0.227 e. The summed E-state index contributed by atoms with van der Waals surface area (Å²) in [5.74, 6) is 0.618. The number of halogens is 1. The topological polar surface area (TPSA) is 52.0 Å². The number of nitrogens with two attached hydrogens (primary N) is 1. The maximum atomic E-state index is 5.79. The number of hydrogen-bond acceptors (Lipinski definition) is 3. The van der Waals surface area contributed by atoms with Gasteiger partial charge in [0.25, 0.3) is 0 Å². The summed E-state index contributed by atoms with van der Waals surface area (Å²) >= 11 is 3.46. The van der Waals surface area contributed by atoms with Crippen molar-refractivity contribution in [2.24, 2.45) is 5.73 Å². The molecule has 0 amide bonds. The van der Waals surface area contributed by atoms with Gasteiger partial charge in [-0.25, -0.2) is 4.98 Å². The first-order valence-corrected chi connectivity index (χ1v) is 6.41.